The number of benzene rings is 1. The Hall–Kier alpha value is -2.14. The fraction of sp³-hybridized carbons (Fsp3) is 0.524. The number of hydrogen-bond donors (Lipinski definition) is 1. The summed E-state index contributed by atoms with van der Waals surface area (Å²) in [7, 11) is 1.83. The molecule has 1 amide bonds. The monoisotopic (exact) mass is 354 g/mol. The number of carbonyl (C=O) groups excluding carboxylic acids is 1. The quantitative estimate of drug-likeness (QED) is 0.897. The Labute approximate surface area is 156 Å². The molecule has 3 rings (SSSR count). The van der Waals surface area contributed by atoms with Crippen molar-refractivity contribution in [1.29, 1.82) is 0 Å². The molecular formula is C21H30N4O. The number of nitrogens with zero attached hydrogens (tertiary/aromatic N) is 3. The molecule has 0 saturated carbocycles. The van der Waals surface area contributed by atoms with Crippen LogP contribution in [0.2, 0.25) is 0 Å². The average molecular weight is 354 g/mol. The number of amides is 1. The maximum absolute atomic E-state index is 12.5. The van der Waals surface area contributed by atoms with Crippen LogP contribution in [0.25, 0.3) is 0 Å². The SMILES string of the molecule is Cc1nn(C)cc1C(=O)NCc1ccccc1CN1CC(C)CC(C)C1. The Balaban J connectivity index is 1.65. The van der Waals surface area contributed by atoms with Gasteiger partial charge in [-0.25, -0.2) is 0 Å². The van der Waals surface area contributed by atoms with Crippen LogP contribution in [0.5, 0.6) is 0 Å². The first-order chi connectivity index (χ1) is 12.4. The summed E-state index contributed by atoms with van der Waals surface area (Å²) in [6.07, 6.45) is 3.09. The molecule has 0 aliphatic carbocycles. The van der Waals surface area contributed by atoms with Crippen molar-refractivity contribution < 1.29 is 4.79 Å². The normalized spacial score (nSPS) is 20.9. The summed E-state index contributed by atoms with van der Waals surface area (Å²) < 4.78 is 1.68. The van der Waals surface area contributed by atoms with E-state index in [0.29, 0.717) is 12.1 Å². The number of carbonyl (C=O) groups is 1. The maximum atomic E-state index is 12.5. The number of hydrogen-bond acceptors (Lipinski definition) is 3. The van der Waals surface area contributed by atoms with Gasteiger partial charge >= 0.3 is 0 Å². The van der Waals surface area contributed by atoms with Gasteiger partial charge in [0.05, 0.1) is 11.3 Å². The Morgan fingerprint density at radius 2 is 1.85 bits per heavy atom. The Bertz CT molecular complexity index is 757. The van der Waals surface area contributed by atoms with Gasteiger partial charge < -0.3 is 5.32 Å². The molecule has 1 saturated heterocycles. The van der Waals surface area contributed by atoms with E-state index in [2.05, 4.69) is 47.4 Å². The zero-order valence-corrected chi connectivity index (χ0v) is 16.3. The van der Waals surface area contributed by atoms with E-state index in [0.717, 1.165) is 37.2 Å². The van der Waals surface area contributed by atoms with Gasteiger partial charge in [-0.15, -0.1) is 0 Å². The van der Waals surface area contributed by atoms with Crippen LogP contribution in [0.3, 0.4) is 0 Å². The fourth-order valence-corrected chi connectivity index (χ4v) is 4.14. The summed E-state index contributed by atoms with van der Waals surface area (Å²) in [4.78, 5) is 15.0. The fourth-order valence-electron chi connectivity index (χ4n) is 4.14. The lowest BCUT2D eigenvalue weighted by Crippen LogP contribution is -2.38. The summed E-state index contributed by atoms with van der Waals surface area (Å²) in [5, 5.41) is 7.30. The predicted octanol–water partition coefficient (Wildman–Crippen LogP) is 3.14. The molecule has 5 heteroatoms. The minimum Gasteiger partial charge on any atom is -0.348 e. The molecule has 1 fully saturated rings. The number of likely N-dealkylation sites (tertiary alicyclic amines) is 1. The molecule has 26 heavy (non-hydrogen) atoms. The molecular weight excluding hydrogens is 324 g/mol. The first kappa shape index (κ1) is 18.6. The molecule has 2 aromatic rings. The van der Waals surface area contributed by atoms with Crippen LogP contribution in [0, 0.1) is 18.8 Å². The van der Waals surface area contributed by atoms with Crippen LogP contribution >= 0.6 is 0 Å². The summed E-state index contributed by atoms with van der Waals surface area (Å²) in [6, 6.07) is 8.42. The van der Waals surface area contributed by atoms with Crippen molar-refractivity contribution in [3.8, 4) is 0 Å². The van der Waals surface area contributed by atoms with Crippen LogP contribution in [0.4, 0.5) is 0 Å². The number of nitrogens with one attached hydrogen (secondary N) is 1. The van der Waals surface area contributed by atoms with Gasteiger partial charge in [0.1, 0.15) is 0 Å². The highest BCUT2D eigenvalue weighted by molar-refractivity contribution is 5.94. The van der Waals surface area contributed by atoms with Crippen LogP contribution in [-0.4, -0.2) is 33.7 Å². The molecule has 1 aromatic carbocycles. The molecule has 1 aliphatic rings. The van der Waals surface area contributed by atoms with Gasteiger partial charge in [0, 0.05) is 39.4 Å². The van der Waals surface area contributed by atoms with Gasteiger partial charge in [-0.05, 0) is 36.3 Å². The van der Waals surface area contributed by atoms with Crippen molar-refractivity contribution in [2.75, 3.05) is 13.1 Å². The van der Waals surface area contributed by atoms with Crippen molar-refractivity contribution in [3.05, 3.63) is 52.8 Å². The van der Waals surface area contributed by atoms with E-state index in [1.807, 2.05) is 20.0 Å². The van der Waals surface area contributed by atoms with E-state index in [-0.39, 0.29) is 5.91 Å². The summed E-state index contributed by atoms with van der Waals surface area (Å²) in [5.74, 6) is 1.43. The number of aryl methyl sites for hydroxylation is 2. The standard InChI is InChI=1S/C21H30N4O/c1-15-9-16(2)12-25(11-15)13-19-8-6-5-7-18(19)10-22-21(26)20-14-24(4)23-17(20)3/h5-8,14-16H,9-13H2,1-4H3,(H,22,26). The summed E-state index contributed by atoms with van der Waals surface area (Å²) in [5.41, 5.74) is 3.89. The van der Waals surface area contributed by atoms with Gasteiger partial charge in [0.25, 0.3) is 5.91 Å². The average Bonchev–Trinajstić information content (AvgIpc) is 2.91. The van der Waals surface area contributed by atoms with Gasteiger partial charge in [-0.3, -0.25) is 14.4 Å². The van der Waals surface area contributed by atoms with E-state index >= 15 is 0 Å². The topological polar surface area (TPSA) is 50.2 Å². The van der Waals surface area contributed by atoms with Crippen molar-refractivity contribution in [2.24, 2.45) is 18.9 Å². The van der Waals surface area contributed by atoms with Crippen molar-refractivity contribution >= 4 is 5.91 Å². The van der Waals surface area contributed by atoms with Crippen molar-refractivity contribution in [2.45, 2.75) is 40.3 Å². The third-order valence-corrected chi connectivity index (χ3v) is 5.15. The minimum absolute atomic E-state index is 0.0642. The van der Waals surface area contributed by atoms with E-state index in [1.54, 1.807) is 10.9 Å². The third kappa shape index (κ3) is 4.52. The molecule has 1 aromatic heterocycles. The van der Waals surface area contributed by atoms with Crippen LogP contribution in [-0.2, 0) is 20.1 Å². The maximum Gasteiger partial charge on any atom is 0.255 e. The number of aromatic nitrogens is 2. The second kappa shape index (κ2) is 8.04. The first-order valence-electron chi connectivity index (χ1n) is 9.50. The van der Waals surface area contributed by atoms with Gasteiger partial charge in [0.15, 0.2) is 0 Å². The Kier molecular flexibility index (Phi) is 5.77. The zero-order chi connectivity index (χ0) is 18.7. The smallest absolute Gasteiger partial charge is 0.255 e. The zero-order valence-electron chi connectivity index (χ0n) is 16.3. The molecule has 140 valence electrons. The molecule has 0 bridgehead atoms. The second-order valence-electron chi connectivity index (χ2n) is 7.89. The molecule has 1 N–H and O–H groups in total. The van der Waals surface area contributed by atoms with Crippen LogP contribution in [0.15, 0.2) is 30.5 Å². The van der Waals surface area contributed by atoms with Gasteiger partial charge in [0.2, 0.25) is 0 Å². The summed E-state index contributed by atoms with van der Waals surface area (Å²) >= 11 is 0. The molecule has 1 aliphatic heterocycles. The van der Waals surface area contributed by atoms with Crippen LogP contribution in [0.1, 0.15) is 47.4 Å². The minimum atomic E-state index is -0.0642. The number of piperidine rings is 1. The lowest BCUT2D eigenvalue weighted by atomic mass is 9.91. The van der Waals surface area contributed by atoms with Gasteiger partial charge in [-0.2, -0.15) is 5.10 Å². The molecule has 2 unspecified atom stereocenters. The first-order valence-corrected chi connectivity index (χ1v) is 9.50. The molecule has 0 spiro atoms. The second-order valence-corrected chi connectivity index (χ2v) is 7.89. The number of rotatable bonds is 5. The van der Waals surface area contributed by atoms with Gasteiger partial charge in [-0.1, -0.05) is 38.1 Å². The highest BCUT2D eigenvalue weighted by atomic mass is 16.1. The molecule has 2 atom stereocenters. The Morgan fingerprint density at radius 1 is 1.19 bits per heavy atom. The lowest BCUT2D eigenvalue weighted by molar-refractivity contribution is 0.0950. The predicted molar refractivity (Wildman–Crippen MR) is 104 cm³/mol. The third-order valence-electron chi connectivity index (χ3n) is 5.15. The van der Waals surface area contributed by atoms with E-state index in [9.17, 15) is 4.79 Å². The van der Waals surface area contributed by atoms with Crippen LogP contribution < -0.4 is 5.32 Å². The van der Waals surface area contributed by atoms with E-state index in [1.165, 1.54) is 17.5 Å². The van der Waals surface area contributed by atoms with Crippen molar-refractivity contribution in [1.82, 2.24) is 20.0 Å². The van der Waals surface area contributed by atoms with Crippen molar-refractivity contribution in [3.63, 3.8) is 0 Å². The molecule has 2 heterocycles. The lowest BCUT2D eigenvalue weighted by Gasteiger charge is -2.35. The summed E-state index contributed by atoms with van der Waals surface area (Å²) in [6.45, 7) is 10.3. The molecule has 0 radical (unpaired) electrons. The van der Waals surface area contributed by atoms with E-state index < -0.39 is 0 Å². The highest BCUT2D eigenvalue weighted by Crippen LogP contribution is 2.23. The Morgan fingerprint density at radius 3 is 2.46 bits per heavy atom. The highest BCUT2D eigenvalue weighted by Gasteiger charge is 2.22. The molecule has 5 nitrogen and oxygen atoms in total. The van der Waals surface area contributed by atoms with E-state index in [4.69, 9.17) is 0 Å². The largest absolute Gasteiger partial charge is 0.348 e.